The van der Waals surface area contributed by atoms with Crippen molar-refractivity contribution in [2.75, 3.05) is 12.8 Å². The Balaban J connectivity index is 1.89. The van der Waals surface area contributed by atoms with E-state index in [9.17, 15) is 0 Å². The molecule has 2 aromatic rings. The van der Waals surface area contributed by atoms with Crippen LogP contribution in [0.25, 0.3) is 11.4 Å². The highest BCUT2D eigenvalue weighted by Crippen LogP contribution is 2.33. The molecule has 1 heterocycles. The van der Waals surface area contributed by atoms with Crippen LogP contribution < -0.4 is 10.5 Å². The maximum Gasteiger partial charge on any atom is 0.183 e. The van der Waals surface area contributed by atoms with Crippen LogP contribution in [-0.2, 0) is 0 Å². The molecule has 3 rings (SSSR count). The van der Waals surface area contributed by atoms with E-state index in [-0.39, 0.29) is 0 Å². The SMILES string of the molecule is COc1ccc(N)c(-c2n[nH]c(C3CCCCC3)n2)c1. The van der Waals surface area contributed by atoms with Crippen molar-refractivity contribution in [2.24, 2.45) is 0 Å². The van der Waals surface area contributed by atoms with Crippen molar-refractivity contribution in [3.8, 4) is 17.1 Å². The van der Waals surface area contributed by atoms with Crippen molar-refractivity contribution in [3.05, 3.63) is 24.0 Å². The lowest BCUT2D eigenvalue weighted by Crippen LogP contribution is -2.06. The highest BCUT2D eigenvalue weighted by Gasteiger charge is 2.20. The lowest BCUT2D eigenvalue weighted by Gasteiger charge is -2.18. The molecule has 0 aliphatic heterocycles. The lowest BCUT2D eigenvalue weighted by molar-refractivity contribution is 0.415. The van der Waals surface area contributed by atoms with Gasteiger partial charge in [-0.2, -0.15) is 5.10 Å². The Bertz CT molecular complexity index is 587. The Hall–Kier alpha value is -2.04. The van der Waals surface area contributed by atoms with Gasteiger partial charge in [-0.05, 0) is 31.0 Å². The maximum absolute atomic E-state index is 6.01. The number of nitrogens with one attached hydrogen (secondary N) is 1. The zero-order chi connectivity index (χ0) is 13.9. The second kappa shape index (κ2) is 5.53. The average molecular weight is 272 g/mol. The summed E-state index contributed by atoms with van der Waals surface area (Å²) in [5.74, 6) is 2.92. The van der Waals surface area contributed by atoms with Crippen molar-refractivity contribution in [1.82, 2.24) is 15.2 Å². The molecule has 0 saturated heterocycles. The Morgan fingerprint density at radius 2 is 2.05 bits per heavy atom. The van der Waals surface area contributed by atoms with Gasteiger partial charge in [0, 0.05) is 17.2 Å². The standard InChI is InChI=1S/C15H20N4O/c1-20-11-7-8-13(16)12(9-11)15-17-14(18-19-15)10-5-3-2-4-6-10/h7-10H,2-6,16H2,1H3,(H,17,18,19). The topological polar surface area (TPSA) is 76.8 Å². The first kappa shape index (κ1) is 13.0. The van der Waals surface area contributed by atoms with E-state index in [4.69, 9.17) is 10.5 Å². The molecule has 3 N–H and O–H groups in total. The first-order chi connectivity index (χ1) is 9.78. The summed E-state index contributed by atoms with van der Waals surface area (Å²) in [4.78, 5) is 4.64. The molecular formula is C15H20N4O. The third-order valence-electron chi connectivity index (χ3n) is 4.00. The first-order valence-electron chi connectivity index (χ1n) is 7.14. The molecular weight excluding hydrogens is 252 g/mol. The normalized spacial score (nSPS) is 16.2. The fraction of sp³-hybridized carbons (Fsp3) is 0.467. The van der Waals surface area contributed by atoms with Gasteiger partial charge >= 0.3 is 0 Å². The van der Waals surface area contributed by atoms with Crippen LogP contribution in [0.4, 0.5) is 5.69 Å². The minimum Gasteiger partial charge on any atom is -0.497 e. The summed E-state index contributed by atoms with van der Waals surface area (Å²) in [5, 5.41) is 7.41. The van der Waals surface area contributed by atoms with Gasteiger partial charge in [0.1, 0.15) is 11.6 Å². The van der Waals surface area contributed by atoms with Crippen molar-refractivity contribution < 1.29 is 4.74 Å². The number of rotatable bonds is 3. The molecule has 5 nitrogen and oxygen atoms in total. The molecule has 0 amide bonds. The van der Waals surface area contributed by atoms with Gasteiger partial charge in [-0.25, -0.2) is 4.98 Å². The smallest absolute Gasteiger partial charge is 0.183 e. The van der Waals surface area contributed by atoms with Gasteiger partial charge in [0.25, 0.3) is 0 Å². The number of nitrogens with two attached hydrogens (primary N) is 1. The van der Waals surface area contributed by atoms with Crippen LogP contribution in [0.15, 0.2) is 18.2 Å². The highest BCUT2D eigenvalue weighted by molar-refractivity contribution is 5.72. The number of aromatic amines is 1. The maximum atomic E-state index is 6.01. The van der Waals surface area contributed by atoms with Crippen molar-refractivity contribution in [1.29, 1.82) is 0 Å². The van der Waals surface area contributed by atoms with Gasteiger partial charge in [-0.3, -0.25) is 5.10 Å². The number of methoxy groups -OCH3 is 1. The summed E-state index contributed by atoms with van der Waals surface area (Å²) in [6.45, 7) is 0. The predicted octanol–water partition coefficient (Wildman–Crippen LogP) is 3.11. The molecule has 0 atom stereocenters. The van der Waals surface area contributed by atoms with E-state index >= 15 is 0 Å². The number of hydrogen-bond acceptors (Lipinski definition) is 4. The average Bonchev–Trinajstić information content (AvgIpc) is 2.98. The fourth-order valence-electron chi connectivity index (χ4n) is 2.81. The molecule has 1 saturated carbocycles. The Labute approximate surface area is 118 Å². The molecule has 0 radical (unpaired) electrons. The second-order valence-electron chi connectivity index (χ2n) is 5.33. The molecule has 5 heteroatoms. The predicted molar refractivity (Wildman–Crippen MR) is 78.6 cm³/mol. The monoisotopic (exact) mass is 272 g/mol. The molecule has 1 aliphatic carbocycles. The van der Waals surface area contributed by atoms with Crippen LogP contribution in [0, 0.1) is 0 Å². The molecule has 0 spiro atoms. The fourth-order valence-corrected chi connectivity index (χ4v) is 2.81. The number of nitrogen functional groups attached to an aromatic ring is 1. The van der Waals surface area contributed by atoms with Gasteiger partial charge in [0.2, 0.25) is 0 Å². The molecule has 106 valence electrons. The zero-order valence-electron chi connectivity index (χ0n) is 11.7. The summed E-state index contributed by atoms with van der Waals surface area (Å²) in [7, 11) is 1.64. The third-order valence-corrected chi connectivity index (χ3v) is 4.00. The highest BCUT2D eigenvalue weighted by atomic mass is 16.5. The summed E-state index contributed by atoms with van der Waals surface area (Å²) >= 11 is 0. The van der Waals surface area contributed by atoms with Crippen molar-refractivity contribution in [3.63, 3.8) is 0 Å². The molecule has 0 unspecified atom stereocenters. The summed E-state index contributed by atoms with van der Waals surface area (Å²) in [6.07, 6.45) is 6.29. The number of aromatic nitrogens is 3. The van der Waals surface area contributed by atoms with Crippen molar-refractivity contribution >= 4 is 5.69 Å². The number of nitrogens with zero attached hydrogens (tertiary/aromatic N) is 2. The van der Waals surface area contributed by atoms with Gasteiger partial charge in [0.05, 0.1) is 7.11 Å². The number of anilines is 1. The van der Waals surface area contributed by atoms with E-state index in [1.807, 2.05) is 18.2 Å². The lowest BCUT2D eigenvalue weighted by atomic mass is 9.89. The van der Waals surface area contributed by atoms with E-state index in [2.05, 4.69) is 15.2 Å². The van der Waals surface area contributed by atoms with E-state index in [1.54, 1.807) is 7.11 Å². The van der Waals surface area contributed by atoms with Gasteiger partial charge < -0.3 is 10.5 Å². The Kier molecular flexibility index (Phi) is 3.58. The summed E-state index contributed by atoms with van der Waals surface area (Å²) in [5.41, 5.74) is 7.50. The largest absolute Gasteiger partial charge is 0.497 e. The number of H-pyrrole nitrogens is 1. The molecule has 1 aromatic carbocycles. The van der Waals surface area contributed by atoms with Crippen LogP contribution >= 0.6 is 0 Å². The molecule has 1 aliphatic rings. The van der Waals surface area contributed by atoms with Crippen LogP contribution in [0.1, 0.15) is 43.8 Å². The van der Waals surface area contributed by atoms with Crippen LogP contribution in [0.3, 0.4) is 0 Å². The second-order valence-corrected chi connectivity index (χ2v) is 5.33. The van der Waals surface area contributed by atoms with Crippen LogP contribution in [-0.4, -0.2) is 22.3 Å². The van der Waals surface area contributed by atoms with E-state index < -0.39 is 0 Å². The minimum absolute atomic E-state index is 0.511. The molecule has 1 aromatic heterocycles. The van der Waals surface area contributed by atoms with Gasteiger partial charge in [-0.1, -0.05) is 19.3 Å². The Morgan fingerprint density at radius 3 is 2.80 bits per heavy atom. The molecule has 20 heavy (non-hydrogen) atoms. The van der Waals surface area contributed by atoms with Crippen LogP contribution in [0.5, 0.6) is 5.75 Å². The van der Waals surface area contributed by atoms with E-state index in [1.165, 1.54) is 32.1 Å². The van der Waals surface area contributed by atoms with Crippen LogP contribution in [0.2, 0.25) is 0 Å². The first-order valence-corrected chi connectivity index (χ1v) is 7.14. The number of hydrogen-bond donors (Lipinski definition) is 2. The zero-order valence-corrected chi connectivity index (χ0v) is 11.7. The van der Waals surface area contributed by atoms with Crippen molar-refractivity contribution in [2.45, 2.75) is 38.0 Å². The van der Waals surface area contributed by atoms with Gasteiger partial charge in [0.15, 0.2) is 5.82 Å². The third kappa shape index (κ3) is 2.48. The molecule has 0 bridgehead atoms. The number of benzene rings is 1. The summed E-state index contributed by atoms with van der Waals surface area (Å²) in [6, 6.07) is 5.54. The van der Waals surface area contributed by atoms with E-state index in [0.29, 0.717) is 17.4 Å². The quantitative estimate of drug-likeness (QED) is 0.842. The summed E-state index contributed by atoms with van der Waals surface area (Å²) < 4.78 is 5.23. The Morgan fingerprint density at radius 1 is 1.25 bits per heavy atom. The van der Waals surface area contributed by atoms with E-state index in [0.717, 1.165) is 17.1 Å². The minimum atomic E-state index is 0.511. The molecule has 1 fully saturated rings. The van der Waals surface area contributed by atoms with Gasteiger partial charge in [-0.15, -0.1) is 0 Å². The number of ether oxygens (including phenoxy) is 1.